The number of nitrogens with zero attached hydrogens (tertiary/aromatic N) is 3. The van der Waals surface area contributed by atoms with Crippen LogP contribution >= 0.6 is 0 Å². The number of hydrogen-bond donors (Lipinski definition) is 3. The molecular formula is C32H32N6O3. The Morgan fingerprint density at radius 2 is 1.80 bits per heavy atom. The van der Waals surface area contributed by atoms with Gasteiger partial charge in [-0.05, 0) is 81.6 Å². The van der Waals surface area contributed by atoms with E-state index in [1.807, 2.05) is 49.5 Å². The van der Waals surface area contributed by atoms with Crippen LogP contribution in [-0.2, 0) is 11.2 Å². The third-order valence-corrected chi connectivity index (χ3v) is 7.75. The lowest BCUT2D eigenvalue weighted by atomic mass is 9.98. The smallest absolute Gasteiger partial charge is 0.270 e. The van der Waals surface area contributed by atoms with Gasteiger partial charge in [-0.1, -0.05) is 36.4 Å². The first kappa shape index (κ1) is 26.5. The van der Waals surface area contributed by atoms with E-state index in [-0.39, 0.29) is 11.6 Å². The van der Waals surface area contributed by atoms with Crippen molar-refractivity contribution in [3.63, 3.8) is 0 Å². The van der Waals surface area contributed by atoms with Crippen molar-refractivity contribution in [2.24, 2.45) is 0 Å². The highest BCUT2D eigenvalue weighted by Crippen LogP contribution is 2.39. The fourth-order valence-electron chi connectivity index (χ4n) is 5.58. The van der Waals surface area contributed by atoms with Crippen molar-refractivity contribution in [3.05, 3.63) is 106 Å². The van der Waals surface area contributed by atoms with E-state index in [0.717, 1.165) is 47.7 Å². The number of amides is 1. The molecule has 1 aromatic heterocycles. The molecule has 2 aliphatic heterocycles. The predicted molar refractivity (Wildman–Crippen MR) is 161 cm³/mol. The third kappa shape index (κ3) is 5.76. The maximum atomic E-state index is 13.3. The number of nitro benzene ring substituents is 1. The first-order valence-corrected chi connectivity index (χ1v) is 14.0. The summed E-state index contributed by atoms with van der Waals surface area (Å²) in [7, 11) is 0. The molecule has 3 aromatic carbocycles. The number of aromatic nitrogens is 2. The molecule has 208 valence electrons. The van der Waals surface area contributed by atoms with Crippen LogP contribution < -0.4 is 10.6 Å². The molecular weight excluding hydrogens is 516 g/mol. The van der Waals surface area contributed by atoms with Crippen LogP contribution in [0.1, 0.15) is 41.8 Å². The number of fused-ring (bicyclic) bond motifs is 1. The van der Waals surface area contributed by atoms with E-state index in [9.17, 15) is 14.9 Å². The number of rotatable bonds is 9. The zero-order valence-electron chi connectivity index (χ0n) is 22.9. The number of anilines is 2. The molecule has 0 spiro atoms. The molecule has 0 atom stereocenters. The van der Waals surface area contributed by atoms with Gasteiger partial charge in [0.15, 0.2) is 0 Å². The van der Waals surface area contributed by atoms with E-state index in [1.165, 1.54) is 43.6 Å². The molecule has 6 rings (SSSR count). The number of aryl methyl sites for hydroxylation is 2. The largest absolute Gasteiger partial charge is 0.354 e. The van der Waals surface area contributed by atoms with Crippen LogP contribution in [0.15, 0.2) is 72.9 Å². The van der Waals surface area contributed by atoms with E-state index in [1.54, 1.807) is 6.07 Å². The Bertz CT molecular complexity index is 1620. The van der Waals surface area contributed by atoms with Gasteiger partial charge in [0, 0.05) is 40.8 Å². The summed E-state index contributed by atoms with van der Waals surface area (Å²) < 4.78 is 0. The first-order valence-electron chi connectivity index (χ1n) is 14.0. The fourth-order valence-corrected chi connectivity index (χ4v) is 5.58. The van der Waals surface area contributed by atoms with Crippen molar-refractivity contribution < 1.29 is 9.72 Å². The number of nitrogens with one attached hydrogen (secondary N) is 3. The van der Waals surface area contributed by atoms with Gasteiger partial charge in [0.1, 0.15) is 5.82 Å². The average molecular weight is 549 g/mol. The molecule has 3 N–H and O–H groups in total. The lowest BCUT2D eigenvalue weighted by Crippen LogP contribution is -2.20. The zero-order valence-corrected chi connectivity index (χ0v) is 22.9. The van der Waals surface area contributed by atoms with Crippen molar-refractivity contribution in [1.82, 2.24) is 14.9 Å². The van der Waals surface area contributed by atoms with Gasteiger partial charge in [0.25, 0.3) is 11.6 Å². The van der Waals surface area contributed by atoms with Crippen LogP contribution in [0.3, 0.4) is 0 Å². The lowest BCUT2D eigenvalue weighted by molar-refractivity contribution is -0.384. The third-order valence-electron chi connectivity index (χ3n) is 7.75. The maximum absolute atomic E-state index is 13.3. The molecule has 0 radical (unpaired) electrons. The summed E-state index contributed by atoms with van der Waals surface area (Å²) in [5, 5.41) is 17.9. The van der Waals surface area contributed by atoms with E-state index in [0.29, 0.717) is 22.5 Å². The highest BCUT2D eigenvalue weighted by molar-refractivity contribution is 6.37. The zero-order chi connectivity index (χ0) is 28.3. The standard InChI is InChI=1S/C32H32N6O3/c1-21-33-20-29(34-21)23-10-12-25(13-11-23)35-31(30-27-19-26(38(40)41)14-15-28(27)36-32(30)39)24-8-6-22(7-9-24)5-4-18-37-16-2-3-17-37/h6-15,19-20,35H,2-5,16-18H2,1H3,(H,33,34)(H,36,39). The topological polar surface area (TPSA) is 116 Å². The summed E-state index contributed by atoms with van der Waals surface area (Å²) in [4.78, 5) is 34.5. The second kappa shape index (κ2) is 11.4. The molecule has 2 aliphatic rings. The lowest BCUT2D eigenvalue weighted by Gasteiger charge is -2.16. The number of benzene rings is 3. The molecule has 1 fully saturated rings. The number of carbonyl (C=O) groups is 1. The van der Waals surface area contributed by atoms with E-state index in [4.69, 9.17) is 0 Å². The molecule has 0 bridgehead atoms. The summed E-state index contributed by atoms with van der Waals surface area (Å²) >= 11 is 0. The number of likely N-dealkylation sites (tertiary alicyclic amines) is 1. The minimum atomic E-state index is -0.444. The Balaban J connectivity index is 1.33. The molecule has 0 unspecified atom stereocenters. The number of imidazole rings is 1. The number of H-pyrrole nitrogens is 1. The minimum Gasteiger partial charge on any atom is -0.354 e. The van der Waals surface area contributed by atoms with Gasteiger partial charge in [-0.15, -0.1) is 0 Å². The molecule has 3 heterocycles. The second-order valence-corrected chi connectivity index (χ2v) is 10.6. The van der Waals surface area contributed by atoms with E-state index < -0.39 is 4.92 Å². The molecule has 0 saturated carbocycles. The van der Waals surface area contributed by atoms with Crippen LogP contribution in [-0.4, -0.2) is 45.3 Å². The summed E-state index contributed by atoms with van der Waals surface area (Å²) in [5.41, 5.74) is 6.62. The van der Waals surface area contributed by atoms with Crippen molar-refractivity contribution in [3.8, 4) is 11.3 Å². The molecule has 9 nitrogen and oxygen atoms in total. The fraction of sp³-hybridized carbons (Fsp3) is 0.250. The minimum absolute atomic E-state index is 0.0656. The van der Waals surface area contributed by atoms with Crippen molar-refractivity contribution in [2.75, 3.05) is 30.3 Å². The molecule has 1 amide bonds. The van der Waals surface area contributed by atoms with Crippen molar-refractivity contribution >= 4 is 34.2 Å². The van der Waals surface area contributed by atoms with Gasteiger partial charge in [-0.2, -0.15) is 0 Å². The molecule has 0 aliphatic carbocycles. The van der Waals surface area contributed by atoms with Gasteiger partial charge in [0.05, 0.1) is 21.9 Å². The van der Waals surface area contributed by atoms with Gasteiger partial charge in [-0.3, -0.25) is 14.9 Å². The van der Waals surface area contributed by atoms with Crippen LogP contribution in [0.4, 0.5) is 17.1 Å². The van der Waals surface area contributed by atoms with Crippen LogP contribution in [0, 0.1) is 17.0 Å². The number of hydrogen-bond acceptors (Lipinski definition) is 6. The molecule has 41 heavy (non-hydrogen) atoms. The highest BCUT2D eigenvalue weighted by Gasteiger charge is 2.30. The van der Waals surface area contributed by atoms with Gasteiger partial charge >= 0.3 is 0 Å². The Labute approximate surface area is 238 Å². The first-order chi connectivity index (χ1) is 19.9. The normalized spacial score (nSPS) is 16.0. The second-order valence-electron chi connectivity index (χ2n) is 10.6. The summed E-state index contributed by atoms with van der Waals surface area (Å²) in [6, 6.07) is 20.5. The van der Waals surface area contributed by atoms with Crippen LogP contribution in [0.2, 0.25) is 0 Å². The van der Waals surface area contributed by atoms with Crippen LogP contribution in [0.25, 0.3) is 22.5 Å². The maximum Gasteiger partial charge on any atom is 0.270 e. The number of carbonyl (C=O) groups excluding carboxylic acids is 1. The van der Waals surface area contributed by atoms with E-state index in [2.05, 4.69) is 37.6 Å². The molecule has 9 heteroatoms. The number of aromatic amines is 1. The van der Waals surface area contributed by atoms with Crippen molar-refractivity contribution in [2.45, 2.75) is 32.6 Å². The SMILES string of the molecule is Cc1nc(-c2ccc(NC(=C3C(=O)Nc4ccc([N+](=O)[O-])cc43)c3ccc(CCCN4CCCC4)cc3)cc2)c[nH]1. The number of nitro groups is 1. The monoisotopic (exact) mass is 548 g/mol. The van der Waals surface area contributed by atoms with Crippen LogP contribution in [0.5, 0.6) is 0 Å². The summed E-state index contributed by atoms with van der Waals surface area (Å²) in [5.74, 6) is 0.537. The highest BCUT2D eigenvalue weighted by atomic mass is 16.6. The van der Waals surface area contributed by atoms with Gasteiger partial charge in [-0.25, -0.2) is 4.98 Å². The predicted octanol–water partition coefficient (Wildman–Crippen LogP) is 6.25. The van der Waals surface area contributed by atoms with Crippen molar-refractivity contribution in [1.29, 1.82) is 0 Å². The Morgan fingerprint density at radius 1 is 1.05 bits per heavy atom. The van der Waals surface area contributed by atoms with Gasteiger partial charge in [0.2, 0.25) is 0 Å². The van der Waals surface area contributed by atoms with Gasteiger partial charge < -0.3 is 20.5 Å². The summed E-state index contributed by atoms with van der Waals surface area (Å²) in [6.45, 7) is 5.42. The molecule has 4 aromatic rings. The number of non-ortho nitro benzene ring substituents is 1. The Hall–Kier alpha value is -4.76. The average Bonchev–Trinajstić information content (AvgIpc) is 3.72. The summed E-state index contributed by atoms with van der Waals surface area (Å²) in [6.07, 6.45) is 6.55. The Morgan fingerprint density at radius 3 is 2.49 bits per heavy atom. The quantitative estimate of drug-likeness (QED) is 0.129. The Kier molecular flexibility index (Phi) is 7.35. The molecule has 1 saturated heterocycles. The van der Waals surface area contributed by atoms with E-state index >= 15 is 0 Å².